The van der Waals surface area contributed by atoms with Gasteiger partial charge >= 0.3 is 0 Å². The SMILES string of the molecule is CCOc1cc(/C=C2\SC(=O)N(Cc3ccccc3Br)C2=O)ccc1OCCOc1ccccc1. The van der Waals surface area contributed by atoms with Crippen molar-refractivity contribution in [2.45, 2.75) is 13.5 Å². The van der Waals surface area contributed by atoms with Crippen LogP contribution >= 0.6 is 27.7 Å². The number of benzene rings is 3. The maximum Gasteiger partial charge on any atom is 0.293 e. The Morgan fingerprint density at radius 1 is 0.886 bits per heavy atom. The molecule has 35 heavy (non-hydrogen) atoms. The molecule has 0 unspecified atom stereocenters. The second-order valence-corrected chi connectivity index (χ2v) is 9.36. The van der Waals surface area contributed by atoms with E-state index in [9.17, 15) is 9.59 Å². The predicted octanol–water partition coefficient (Wildman–Crippen LogP) is 6.54. The minimum Gasteiger partial charge on any atom is -0.490 e. The van der Waals surface area contributed by atoms with Crippen molar-refractivity contribution in [3.63, 3.8) is 0 Å². The minimum absolute atomic E-state index is 0.214. The lowest BCUT2D eigenvalue weighted by Gasteiger charge is -2.14. The number of thioether (sulfide) groups is 1. The van der Waals surface area contributed by atoms with Crippen LogP contribution in [0, 0.1) is 0 Å². The van der Waals surface area contributed by atoms with Gasteiger partial charge in [-0.2, -0.15) is 0 Å². The number of ether oxygens (including phenoxy) is 3. The van der Waals surface area contributed by atoms with Gasteiger partial charge in [0.05, 0.1) is 18.1 Å². The first-order chi connectivity index (χ1) is 17.0. The van der Waals surface area contributed by atoms with Crippen LogP contribution in [-0.2, 0) is 11.3 Å². The van der Waals surface area contributed by atoms with E-state index in [2.05, 4.69) is 15.9 Å². The molecule has 0 aromatic heterocycles. The molecule has 0 N–H and O–H groups in total. The molecule has 0 atom stereocenters. The lowest BCUT2D eigenvalue weighted by Crippen LogP contribution is -2.27. The van der Waals surface area contributed by atoms with Gasteiger partial charge in [-0.15, -0.1) is 0 Å². The molecule has 3 aromatic rings. The molecular formula is C27H24BrNO5S. The normalized spacial score (nSPS) is 14.5. The maximum atomic E-state index is 12.9. The highest BCUT2D eigenvalue weighted by Crippen LogP contribution is 2.36. The number of hydrogen-bond donors (Lipinski definition) is 0. The fourth-order valence-corrected chi connectivity index (χ4v) is 4.66. The van der Waals surface area contributed by atoms with E-state index >= 15 is 0 Å². The van der Waals surface area contributed by atoms with Crippen molar-refractivity contribution >= 4 is 44.9 Å². The fraction of sp³-hybridized carbons (Fsp3) is 0.185. The highest BCUT2D eigenvalue weighted by atomic mass is 79.9. The predicted molar refractivity (Wildman–Crippen MR) is 141 cm³/mol. The molecule has 0 bridgehead atoms. The van der Waals surface area contributed by atoms with Crippen molar-refractivity contribution in [1.29, 1.82) is 0 Å². The number of rotatable bonds is 10. The van der Waals surface area contributed by atoms with Gasteiger partial charge in [-0.3, -0.25) is 14.5 Å². The summed E-state index contributed by atoms with van der Waals surface area (Å²) in [7, 11) is 0. The van der Waals surface area contributed by atoms with E-state index in [0.717, 1.165) is 33.1 Å². The first-order valence-electron chi connectivity index (χ1n) is 11.1. The number of para-hydroxylation sites is 1. The molecule has 1 saturated heterocycles. The number of hydrogen-bond acceptors (Lipinski definition) is 6. The molecule has 180 valence electrons. The Morgan fingerprint density at radius 3 is 2.40 bits per heavy atom. The van der Waals surface area contributed by atoms with Crippen LogP contribution in [0.3, 0.4) is 0 Å². The molecule has 1 fully saturated rings. The van der Waals surface area contributed by atoms with Crippen molar-refractivity contribution in [2.24, 2.45) is 0 Å². The maximum absolute atomic E-state index is 12.9. The molecule has 3 aromatic carbocycles. The summed E-state index contributed by atoms with van der Waals surface area (Å²) in [5.74, 6) is 1.62. The zero-order valence-electron chi connectivity index (χ0n) is 19.1. The molecule has 0 radical (unpaired) electrons. The zero-order chi connectivity index (χ0) is 24.6. The Hall–Kier alpha value is -3.23. The highest BCUT2D eigenvalue weighted by Gasteiger charge is 2.35. The van der Waals surface area contributed by atoms with Crippen LogP contribution in [0.2, 0.25) is 0 Å². The molecule has 0 saturated carbocycles. The summed E-state index contributed by atoms with van der Waals surface area (Å²) in [6.45, 7) is 3.31. The molecule has 8 heteroatoms. The second-order valence-electron chi connectivity index (χ2n) is 7.51. The summed E-state index contributed by atoms with van der Waals surface area (Å²) in [6.07, 6.45) is 1.70. The lowest BCUT2D eigenvalue weighted by atomic mass is 10.1. The molecule has 1 heterocycles. The van der Waals surface area contributed by atoms with Crippen LogP contribution < -0.4 is 14.2 Å². The van der Waals surface area contributed by atoms with Crippen LogP contribution in [0.15, 0.2) is 82.2 Å². The van der Waals surface area contributed by atoms with Gasteiger partial charge in [0.1, 0.15) is 19.0 Å². The molecule has 1 aliphatic rings. The summed E-state index contributed by atoms with van der Waals surface area (Å²) in [4.78, 5) is 27.1. The molecule has 2 amide bonds. The third kappa shape index (κ3) is 6.46. The van der Waals surface area contributed by atoms with Gasteiger partial charge in [0.15, 0.2) is 11.5 Å². The lowest BCUT2D eigenvalue weighted by molar-refractivity contribution is -0.123. The van der Waals surface area contributed by atoms with Gasteiger partial charge in [0, 0.05) is 4.47 Å². The fourth-order valence-electron chi connectivity index (χ4n) is 3.41. The third-order valence-corrected chi connectivity index (χ3v) is 6.76. The molecule has 1 aliphatic heterocycles. The highest BCUT2D eigenvalue weighted by molar-refractivity contribution is 9.10. The molecule has 0 spiro atoms. The summed E-state index contributed by atoms with van der Waals surface area (Å²) in [5, 5.41) is -0.291. The van der Waals surface area contributed by atoms with E-state index in [-0.39, 0.29) is 17.7 Å². The van der Waals surface area contributed by atoms with Gasteiger partial charge in [-0.05, 0) is 66.2 Å². The van der Waals surface area contributed by atoms with E-state index in [1.165, 1.54) is 4.90 Å². The van der Waals surface area contributed by atoms with Crippen LogP contribution in [0.1, 0.15) is 18.1 Å². The average molecular weight is 554 g/mol. The van der Waals surface area contributed by atoms with Crippen LogP contribution in [0.4, 0.5) is 4.79 Å². The van der Waals surface area contributed by atoms with Gasteiger partial charge in [-0.1, -0.05) is 58.4 Å². The quantitative estimate of drug-likeness (QED) is 0.210. The minimum atomic E-state index is -0.313. The van der Waals surface area contributed by atoms with E-state index in [1.54, 1.807) is 18.2 Å². The Balaban J connectivity index is 1.43. The Kier molecular flexibility index (Phi) is 8.50. The van der Waals surface area contributed by atoms with Crippen LogP contribution in [0.5, 0.6) is 17.2 Å². The number of carbonyl (C=O) groups excluding carboxylic acids is 2. The van der Waals surface area contributed by atoms with E-state index in [1.807, 2.05) is 67.6 Å². The summed E-state index contributed by atoms with van der Waals surface area (Å²) in [6, 6.07) is 22.5. The van der Waals surface area contributed by atoms with Gasteiger partial charge in [0.25, 0.3) is 11.1 Å². The molecular weight excluding hydrogens is 530 g/mol. The number of carbonyl (C=O) groups is 2. The zero-order valence-corrected chi connectivity index (χ0v) is 21.5. The average Bonchev–Trinajstić information content (AvgIpc) is 3.12. The Morgan fingerprint density at radius 2 is 1.63 bits per heavy atom. The number of halogens is 1. The van der Waals surface area contributed by atoms with E-state index in [0.29, 0.717) is 36.2 Å². The summed E-state index contributed by atoms with van der Waals surface area (Å²) >= 11 is 4.41. The number of imide groups is 1. The summed E-state index contributed by atoms with van der Waals surface area (Å²) < 4.78 is 18.1. The van der Waals surface area contributed by atoms with Crippen LogP contribution in [-0.4, -0.2) is 35.9 Å². The number of amides is 2. The first kappa shape index (κ1) is 24.9. The van der Waals surface area contributed by atoms with E-state index in [4.69, 9.17) is 14.2 Å². The molecule has 4 rings (SSSR count). The Bertz CT molecular complexity index is 1230. The van der Waals surface area contributed by atoms with Crippen molar-refractivity contribution in [2.75, 3.05) is 19.8 Å². The third-order valence-electron chi connectivity index (χ3n) is 5.08. The Labute approximate surface area is 217 Å². The van der Waals surface area contributed by atoms with Crippen molar-refractivity contribution < 1.29 is 23.8 Å². The smallest absolute Gasteiger partial charge is 0.293 e. The van der Waals surface area contributed by atoms with Crippen molar-refractivity contribution in [1.82, 2.24) is 4.90 Å². The second kappa shape index (κ2) is 12.0. The monoisotopic (exact) mass is 553 g/mol. The van der Waals surface area contributed by atoms with Crippen molar-refractivity contribution in [3.05, 3.63) is 93.3 Å². The summed E-state index contributed by atoms with van der Waals surface area (Å²) in [5.41, 5.74) is 1.61. The number of nitrogens with zero attached hydrogens (tertiary/aromatic N) is 1. The van der Waals surface area contributed by atoms with Crippen LogP contribution in [0.25, 0.3) is 6.08 Å². The topological polar surface area (TPSA) is 65.1 Å². The van der Waals surface area contributed by atoms with Crippen molar-refractivity contribution in [3.8, 4) is 17.2 Å². The molecule has 6 nitrogen and oxygen atoms in total. The standard InChI is InChI=1S/C27H24BrNO5S/c1-2-32-24-16-19(12-13-23(24)34-15-14-33-21-9-4-3-5-10-21)17-25-26(30)29(27(31)35-25)18-20-8-6-7-11-22(20)28/h3-13,16-17H,2,14-15,18H2,1H3/b25-17-. The first-order valence-corrected chi connectivity index (χ1v) is 12.7. The van der Waals surface area contributed by atoms with Gasteiger partial charge in [0.2, 0.25) is 0 Å². The largest absolute Gasteiger partial charge is 0.490 e. The molecule has 0 aliphatic carbocycles. The van der Waals surface area contributed by atoms with E-state index < -0.39 is 0 Å². The van der Waals surface area contributed by atoms with Gasteiger partial charge in [-0.25, -0.2) is 0 Å². The van der Waals surface area contributed by atoms with Gasteiger partial charge < -0.3 is 14.2 Å².